The smallest absolute Gasteiger partial charge is 0.258 e. The molecule has 3 rings (SSSR count). The molecule has 4 nitrogen and oxygen atoms in total. The van der Waals surface area contributed by atoms with Crippen molar-refractivity contribution < 1.29 is 4.52 Å². The summed E-state index contributed by atoms with van der Waals surface area (Å²) in [5, 5.41) is 4.56. The number of nitrogens with two attached hydrogens (primary N) is 1. The molecule has 0 amide bonds. The van der Waals surface area contributed by atoms with Crippen LogP contribution >= 0.6 is 11.6 Å². The molecule has 0 saturated heterocycles. The Bertz CT molecular complexity index is 762. The summed E-state index contributed by atoms with van der Waals surface area (Å²) in [5.41, 5.74) is 9.44. The average molecular weight is 300 g/mol. The molecule has 1 aromatic heterocycles. The molecule has 2 N–H and O–H groups in total. The summed E-state index contributed by atoms with van der Waals surface area (Å²) in [6.07, 6.45) is 0.631. The molecule has 0 aliphatic rings. The Morgan fingerprint density at radius 3 is 2.76 bits per heavy atom. The number of halogens is 1. The van der Waals surface area contributed by atoms with Crippen LogP contribution in [-0.2, 0) is 6.42 Å². The van der Waals surface area contributed by atoms with Gasteiger partial charge >= 0.3 is 0 Å². The maximum Gasteiger partial charge on any atom is 0.258 e. The maximum atomic E-state index is 5.99. The van der Waals surface area contributed by atoms with Crippen molar-refractivity contribution in [3.8, 4) is 11.5 Å². The van der Waals surface area contributed by atoms with Gasteiger partial charge in [0, 0.05) is 22.7 Å². The minimum atomic E-state index is 0.424. The molecule has 0 saturated carbocycles. The fraction of sp³-hybridized carbons (Fsp3) is 0.125. The minimum Gasteiger partial charge on any atom is -0.399 e. The number of benzene rings is 2. The van der Waals surface area contributed by atoms with Crippen LogP contribution in [0.15, 0.2) is 47.0 Å². The second-order valence-corrected chi connectivity index (χ2v) is 5.33. The monoisotopic (exact) mass is 299 g/mol. The Labute approximate surface area is 127 Å². The van der Waals surface area contributed by atoms with Crippen molar-refractivity contribution in [2.45, 2.75) is 13.3 Å². The van der Waals surface area contributed by atoms with Crippen LogP contribution in [0.1, 0.15) is 17.0 Å². The zero-order valence-corrected chi connectivity index (χ0v) is 12.3. The molecule has 106 valence electrons. The van der Waals surface area contributed by atoms with Crippen molar-refractivity contribution in [2.24, 2.45) is 0 Å². The molecule has 21 heavy (non-hydrogen) atoms. The van der Waals surface area contributed by atoms with Gasteiger partial charge in [0.25, 0.3) is 5.89 Å². The fourth-order valence-electron chi connectivity index (χ4n) is 2.16. The highest BCUT2D eigenvalue weighted by molar-refractivity contribution is 6.31. The normalized spacial score (nSPS) is 10.8. The number of nitrogen functional groups attached to an aromatic ring is 1. The SMILES string of the molecule is Cc1ccccc1Cc1noc(-c2cc(N)cc(Cl)c2)n1. The van der Waals surface area contributed by atoms with Crippen LogP contribution in [0, 0.1) is 6.92 Å². The van der Waals surface area contributed by atoms with Crippen LogP contribution in [0.5, 0.6) is 0 Å². The first-order chi connectivity index (χ1) is 10.1. The lowest BCUT2D eigenvalue weighted by molar-refractivity contribution is 0.424. The van der Waals surface area contributed by atoms with Crippen molar-refractivity contribution in [3.63, 3.8) is 0 Å². The Balaban J connectivity index is 1.88. The highest BCUT2D eigenvalue weighted by Crippen LogP contribution is 2.25. The van der Waals surface area contributed by atoms with Crippen molar-refractivity contribution in [1.29, 1.82) is 0 Å². The number of rotatable bonds is 3. The topological polar surface area (TPSA) is 64.9 Å². The molecule has 3 aromatic rings. The van der Waals surface area contributed by atoms with Gasteiger partial charge in [-0.3, -0.25) is 0 Å². The molecular formula is C16H14ClN3O. The van der Waals surface area contributed by atoms with Crippen molar-refractivity contribution in [2.75, 3.05) is 5.73 Å². The fourth-order valence-corrected chi connectivity index (χ4v) is 2.40. The summed E-state index contributed by atoms with van der Waals surface area (Å²) in [5.74, 6) is 1.06. The standard InChI is InChI=1S/C16H14ClN3O/c1-10-4-2-3-5-11(10)8-15-19-16(21-20-15)12-6-13(17)9-14(18)7-12/h2-7,9H,8,18H2,1H3. The van der Waals surface area contributed by atoms with E-state index in [1.807, 2.05) is 12.1 Å². The third kappa shape index (κ3) is 3.06. The van der Waals surface area contributed by atoms with Gasteiger partial charge in [-0.15, -0.1) is 0 Å². The molecule has 0 bridgehead atoms. The Hall–Kier alpha value is -2.33. The average Bonchev–Trinajstić information content (AvgIpc) is 2.89. The summed E-state index contributed by atoms with van der Waals surface area (Å²) in [6.45, 7) is 2.06. The molecule has 2 aromatic carbocycles. The van der Waals surface area contributed by atoms with E-state index in [4.69, 9.17) is 21.9 Å². The van der Waals surface area contributed by atoms with E-state index in [1.165, 1.54) is 11.1 Å². The lowest BCUT2D eigenvalue weighted by Gasteiger charge is -2.01. The van der Waals surface area contributed by atoms with Crippen molar-refractivity contribution in [3.05, 3.63) is 64.4 Å². The molecule has 0 atom stereocenters. The molecule has 0 aliphatic heterocycles. The third-order valence-electron chi connectivity index (χ3n) is 3.24. The van der Waals surface area contributed by atoms with Crippen molar-refractivity contribution >= 4 is 17.3 Å². The first-order valence-electron chi connectivity index (χ1n) is 6.55. The third-order valence-corrected chi connectivity index (χ3v) is 3.46. The first-order valence-corrected chi connectivity index (χ1v) is 6.93. The second kappa shape index (κ2) is 5.58. The van der Waals surface area contributed by atoms with E-state index in [-0.39, 0.29) is 0 Å². The van der Waals surface area contributed by atoms with Gasteiger partial charge in [-0.2, -0.15) is 4.98 Å². The van der Waals surface area contributed by atoms with E-state index in [0.29, 0.717) is 28.8 Å². The number of anilines is 1. The van der Waals surface area contributed by atoms with Crippen LogP contribution in [0.3, 0.4) is 0 Å². The first kappa shape index (κ1) is 13.6. The van der Waals surface area contributed by atoms with Crippen LogP contribution in [-0.4, -0.2) is 10.1 Å². The number of nitrogens with zero attached hydrogens (tertiary/aromatic N) is 2. The summed E-state index contributed by atoms with van der Waals surface area (Å²) in [7, 11) is 0. The summed E-state index contributed by atoms with van der Waals surface area (Å²) in [6, 6.07) is 13.3. The van der Waals surface area contributed by atoms with Gasteiger partial charge in [-0.1, -0.05) is 41.0 Å². The quantitative estimate of drug-likeness (QED) is 0.746. The zero-order valence-electron chi connectivity index (χ0n) is 11.5. The predicted molar refractivity (Wildman–Crippen MR) is 83.1 cm³/mol. The lowest BCUT2D eigenvalue weighted by atomic mass is 10.1. The van der Waals surface area contributed by atoms with E-state index in [2.05, 4.69) is 29.2 Å². The number of hydrogen-bond donors (Lipinski definition) is 1. The molecular weight excluding hydrogens is 286 g/mol. The minimum absolute atomic E-state index is 0.424. The summed E-state index contributed by atoms with van der Waals surface area (Å²) >= 11 is 5.99. The van der Waals surface area contributed by atoms with Gasteiger partial charge in [-0.05, 0) is 36.2 Å². The van der Waals surface area contributed by atoms with E-state index in [0.717, 1.165) is 5.56 Å². The number of aromatic nitrogens is 2. The molecule has 0 radical (unpaired) electrons. The van der Waals surface area contributed by atoms with Crippen LogP contribution in [0.2, 0.25) is 5.02 Å². The zero-order chi connectivity index (χ0) is 14.8. The van der Waals surface area contributed by atoms with Crippen LogP contribution < -0.4 is 5.73 Å². The highest BCUT2D eigenvalue weighted by Gasteiger charge is 2.11. The molecule has 0 unspecified atom stereocenters. The molecule has 1 heterocycles. The molecule has 0 aliphatic carbocycles. The molecule has 5 heteroatoms. The van der Waals surface area contributed by atoms with Gasteiger partial charge in [0.15, 0.2) is 5.82 Å². The lowest BCUT2D eigenvalue weighted by Crippen LogP contribution is -1.93. The van der Waals surface area contributed by atoms with Gasteiger partial charge < -0.3 is 10.3 Å². The van der Waals surface area contributed by atoms with Gasteiger partial charge in [0.2, 0.25) is 0 Å². The Morgan fingerprint density at radius 2 is 2.00 bits per heavy atom. The van der Waals surface area contributed by atoms with Crippen LogP contribution in [0.25, 0.3) is 11.5 Å². The van der Waals surface area contributed by atoms with Gasteiger partial charge in [-0.25, -0.2) is 0 Å². The Kier molecular flexibility index (Phi) is 3.62. The largest absolute Gasteiger partial charge is 0.399 e. The van der Waals surface area contributed by atoms with Gasteiger partial charge in [0.05, 0.1) is 0 Å². The van der Waals surface area contributed by atoms with Gasteiger partial charge in [0.1, 0.15) is 0 Å². The van der Waals surface area contributed by atoms with Crippen molar-refractivity contribution in [1.82, 2.24) is 10.1 Å². The highest BCUT2D eigenvalue weighted by atomic mass is 35.5. The number of hydrogen-bond acceptors (Lipinski definition) is 4. The Morgan fingerprint density at radius 1 is 1.19 bits per heavy atom. The summed E-state index contributed by atoms with van der Waals surface area (Å²) < 4.78 is 5.30. The maximum absolute atomic E-state index is 5.99. The van der Waals surface area contributed by atoms with E-state index >= 15 is 0 Å². The van der Waals surface area contributed by atoms with E-state index < -0.39 is 0 Å². The molecule has 0 spiro atoms. The summed E-state index contributed by atoms with van der Waals surface area (Å²) in [4.78, 5) is 4.41. The number of aryl methyl sites for hydroxylation is 1. The second-order valence-electron chi connectivity index (χ2n) is 4.89. The van der Waals surface area contributed by atoms with Crippen LogP contribution in [0.4, 0.5) is 5.69 Å². The van der Waals surface area contributed by atoms with E-state index in [9.17, 15) is 0 Å². The molecule has 0 fully saturated rings. The predicted octanol–water partition coefficient (Wildman–Crippen LogP) is 3.87. The van der Waals surface area contributed by atoms with E-state index in [1.54, 1.807) is 18.2 Å².